The van der Waals surface area contributed by atoms with Crippen molar-refractivity contribution in [2.75, 3.05) is 31.5 Å². The Kier molecular flexibility index (Phi) is 6.87. The molecule has 0 saturated carbocycles. The largest absolute Gasteiger partial charge is 0.338 e. The number of hydrogen-bond acceptors (Lipinski definition) is 2. The molecule has 18 heavy (non-hydrogen) atoms. The van der Waals surface area contributed by atoms with Crippen molar-refractivity contribution in [1.29, 1.82) is 0 Å². The van der Waals surface area contributed by atoms with Crippen molar-refractivity contribution in [3.8, 4) is 0 Å². The highest BCUT2D eigenvalue weighted by Gasteiger charge is 2.01. The molecule has 4 heteroatoms. The zero-order valence-electron chi connectivity index (χ0n) is 11.2. The molecule has 0 spiro atoms. The molecule has 0 aliphatic carbocycles. The number of urea groups is 1. The number of carbonyl (C=O) groups excluding carboxylic acids is 1. The average Bonchev–Trinajstić information content (AvgIpc) is 2.40. The van der Waals surface area contributed by atoms with Gasteiger partial charge in [-0.1, -0.05) is 26.0 Å². The highest BCUT2D eigenvalue weighted by Crippen LogP contribution is 2.03. The highest BCUT2D eigenvalue weighted by molar-refractivity contribution is 5.89. The molecule has 2 N–H and O–H groups in total. The average molecular weight is 248 g/mol. The Balaban J connectivity index is 2.14. The molecule has 0 aromatic heterocycles. The van der Waals surface area contributed by atoms with Crippen LogP contribution in [0.2, 0.25) is 0 Å². The van der Waals surface area contributed by atoms with Gasteiger partial charge in [-0.2, -0.15) is 0 Å². The summed E-state index contributed by atoms with van der Waals surface area (Å²) in [5.74, 6) is 0. The molecular formula is C14H22N3O. The van der Waals surface area contributed by atoms with Crippen LogP contribution in [0.5, 0.6) is 0 Å². The Morgan fingerprint density at radius 3 is 2.56 bits per heavy atom. The lowest BCUT2D eigenvalue weighted by molar-refractivity contribution is 0.250. The molecule has 0 saturated heterocycles. The summed E-state index contributed by atoms with van der Waals surface area (Å²) in [6.07, 6.45) is 0.970. The fourth-order valence-electron chi connectivity index (χ4n) is 1.69. The monoisotopic (exact) mass is 248 g/mol. The van der Waals surface area contributed by atoms with Gasteiger partial charge in [0.05, 0.1) is 0 Å². The Hall–Kier alpha value is -1.55. The van der Waals surface area contributed by atoms with Crippen molar-refractivity contribution in [1.82, 2.24) is 10.2 Å². The number of rotatable bonds is 7. The maximum absolute atomic E-state index is 11.6. The minimum absolute atomic E-state index is 0.152. The lowest BCUT2D eigenvalue weighted by Gasteiger charge is -2.17. The number of amides is 2. The standard InChI is InChI=1S/C14H22N3O/c1-3-17(4-2)12-8-11-15-14(18)16-13-9-6-5-7-10-13/h6-7,9-10H,3-4,8,11-12H2,1-2H3,(H2,15,16,18). The van der Waals surface area contributed by atoms with Gasteiger partial charge in [-0.25, -0.2) is 4.79 Å². The number of benzene rings is 1. The van der Waals surface area contributed by atoms with Gasteiger partial charge in [-0.05, 0) is 44.3 Å². The molecular weight excluding hydrogens is 226 g/mol. The zero-order valence-corrected chi connectivity index (χ0v) is 11.2. The Bertz CT molecular complexity index is 336. The summed E-state index contributed by atoms with van der Waals surface area (Å²) in [6.45, 7) is 8.13. The van der Waals surface area contributed by atoms with Crippen molar-refractivity contribution in [2.45, 2.75) is 20.3 Å². The molecule has 0 unspecified atom stereocenters. The molecule has 0 atom stereocenters. The minimum atomic E-state index is -0.152. The van der Waals surface area contributed by atoms with Crippen molar-refractivity contribution >= 4 is 11.7 Å². The summed E-state index contributed by atoms with van der Waals surface area (Å²) in [4.78, 5) is 13.9. The van der Waals surface area contributed by atoms with Gasteiger partial charge in [0.2, 0.25) is 0 Å². The van der Waals surface area contributed by atoms with Gasteiger partial charge in [0, 0.05) is 12.2 Å². The molecule has 1 rings (SSSR count). The third-order valence-corrected chi connectivity index (χ3v) is 2.81. The van der Waals surface area contributed by atoms with E-state index in [1.54, 1.807) is 12.1 Å². The van der Waals surface area contributed by atoms with E-state index in [4.69, 9.17) is 0 Å². The van der Waals surface area contributed by atoms with Gasteiger partial charge >= 0.3 is 6.03 Å². The highest BCUT2D eigenvalue weighted by atomic mass is 16.2. The van der Waals surface area contributed by atoms with Crippen LogP contribution < -0.4 is 10.6 Å². The molecule has 1 aromatic rings. The number of nitrogens with one attached hydrogen (secondary N) is 2. The smallest absolute Gasteiger partial charge is 0.319 e. The number of carbonyl (C=O) groups is 1. The second kappa shape index (κ2) is 8.53. The van der Waals surface area contributed by atoms with Gasteiger partial charge in [0.1, 0.15) is 0 Å². The quantitative estimate of drug-likeness (QED) is 0.727. The normalized spacial score (nSPS) is 10.4. The summed E-state index contributed by atoms with van der Waals surface area (Å²) in [5, 5.41) is 5.62. The maximum Gasteiger partial charge on any atom is 0.319 e. The fourth-order valence-corrected chi connectivity index (χ4v) is 1.69. The van der Waals surface area contributed by atoms with E-state index in [0.717, 1.165) is 31.7 Å². The summed E-state index contributed by atoms with van der Waals surface area (Å²) in [7, 11) is 0. The second-order valence-corrected chi connectivity index (χ2v) is 4.05. The van der Waals surface area contributed by atoms with Crippen LogP contribution in [0.25, 0.3) is 0 Å². The first-order chi connectivity index (χ1) is 8.76. The number of nitrogens with zero attached hydrogens (tertiary/aromatic N) is 1. The summed E-state index contributed by atoms with van der Waals surface area (Å²) >= 11 is 0. The van der Waals surface area contributed by atoms with Crippen LogP contribution in [0.4, 0.5) is 10.5 Å². The van der Waals surface area contributed by atoms with Crippen LogP contribution in [0.1, 0.15) is 20.3 Å². The van der Waals surface area contributed by atoms with Crippen molar-refractivity contribution in [3.05, 3.63) is 30.3 Å². The lowest BCUT2D eigenvalue weighted by Crippen LogP contribution is -2.32. The van der Waals surface area contributed by atoms with E-state index < -0.39 is 0 Å². The van der Waals surface area contributed by atoms with Gasteiger partial charge < -0.3 is 15.5 Å². The van der Waals surface area contributed by atoms with Gasteiger partial charge in [-0.3, -0.25) is 0 Å². The molecule has 0 fully saturated rings. The number of hydrogen-bond donors (Lipinski definition) is 2. The van der Waals surface area contributed by atoms with Gasteiger partial charge in [0.15, 0.2) is 0 Å². The van der Waals surface area contributed by atoms with E-state index in [1.807, 2.05) is 12.1 Å². The van der Waals surface area contributed by atoms with E-state index in [0.29, 0.717) is 6.54 Å². The molecule has 99 valence electrons. The first-order valence-corrected chi connectivity index (χ1v) is 6.49. The second-order valence-electron chi connectivity index (χ2n) is 4.05. The Labute approximate surface area is 109 Å². The zero-order chi connectivity index (χ0) is 13.2. The van der Waals surface area contributed by atoms with Crippen LogP contribution in [0, 0.1) is 6.07 Å². The van der Waals surface area contributed by atoms with Crippen LogP contribution in [0.15, 0.2) is 24.3 Å². The van der Waals surface area contributed by atoms with Gasteiger partial charge in [0.25, 0.3) is 0 Å². The Morgan fingerprint density at radius 1 is 1.28 bits per heavy atom. The number of anilines is 1. The van der Waals surface area contributed by atoms with E-state index >= 15 is 0 Å². The summed E-state index contributed by atoms with van der Waals surface area (Å²) in [5.41, 5.74) is 0.787. The van der Waals surface area contributed by atoms with Crippen LogP contribution in [0.3, 0.4) is 0 Å². The van der Waals surface area contributed by atoms with Crippen LogP contribution in [-0.4, -0.2) is 37.1 Å². The van der Waals surface area contributed by atoms with E-state index in [1.165, 1.54) is 0 Å². The van der Waals surface area contributed by atoms with E-state index in [2.05, 4.69) is 35.4 Å². The fraction of sp³-hybridized carbons (Fsp3) is 0.500. The van der Waals surface area contributed by atoms with E-state index in [9.17, 15) is 4.79 Å². The predicted octanol–water partition coefficient (Wildman–Crippen LogP) is 2.34. The molecule has 1 radical (unpaired) electrons. The van der Waals surface area contributed by atoms with Crippen molar-refractivity contribution < 1.29 is 4.79 Å². The molecule has 4 nitrogen and oxygen atoms in total. The summed E-state index contributed by atoms with van der Waals surface area (Å²) in [6, 6.07) is 9.93. The first kappa shape index (κ1) is 14.5. The van der Waals surface area contributed by atoms with E-state index in [-0.39, 0.29) is 6.03 Å². The lowest BCUT2D eigenvalue weighted by atomic mass is 10.3. The van der Waals surface area contributed by atoms with Crippen molar-refractivity contribution in [3.63, 3.8) is 0 Å². The summed E-state index contributed by atoms with van der Waals surface area (Å²) < 4.78 is 0. The van der Waals surface area contributed by atoms with Crippen LogP contribution in [-0.2, 0) is 0 Å². The third-order valence-electron chi connectivity index (χ3n) is 2.81. The maximum atomic E-state index is 11.6. The molecule has 0 bridgehead atoms. The van der Waals surface area contributed by atoms with Gasteiger partial charge in [-0.15, -0.1) is 0 Å². The third kappa shape index (κ3) is 5.68. The SMILES string of the molecule is CCN(CC)CCCNC(=O)Nc1cc[c]cc1. The predicted molar refractivity (Wildman–Crippen MR) is 74.7 cm³/mol. The minimum Gasteiger partial charge on any atom is -0.338 e. The molecule has 0 heterocycles. The molecule has 1 aromatic carbocycles. The first-order valence-electron chi connectivity index (χ1n) is 6.49. The molecule has 0 aliphatic heterocycles. The molecule has 2 amide bonds. The topological polar surface area (TPSA) is 44.4 Å². The van der Waals surface area contributed by atoms with Crippen molar-refractivity contribution in [2.24, 2.45) is 0 Å². The molecule has 0 aliphatic rings. The Morgan fingerprint density at radius 2 is 1.94 bits per heavy atom. The van der Waals surface area contributed by atoms with Crippen LogP contribution >= 0.6 is 0 Å².